The molecule has 1 aromatic carbocycles. The Morgan fingerprint density at radius 2 is 1.61 bits per heavy atom. The van der Waals surface area contributed by atoms with Crippen LogP contribution in [0.15, 0.2) is 29.2 Å². The van der Waals surface area contributed by atoms with E-state index >= 15 is 0 Å². The Bertz CT molecular complexity index is 702. The molecule has 2 rings (SSSR count). The first-order valence-corrected chi connectivity index (χ1v) is 9.55. The molecule has 0 aliphatic heterocycles. The van der Waals surface area contributed by atoms with Gasteiger partial charge in [0.25, 0.3) is 0 Å². The molecule has 0 radical (unpaired) electrons. The van der Waals surface area contributed by atoms with Gasteiger partial charge in [-0.15, -0.1) is 0 Å². The van der Waals surface area contributed by atoms with Gasteiger partial charge < -0.3 is 0 Å². The smallest absolute Gasteiger partial charge is 0.178 e. The predicted molar refractivity (Wildman–Crippen MR) is 88.9 cm³/mol. The molecule has 0 bridgehead atoms. The molecule has 0 amide bonds. The van der Waals surface area contributed by atoms with Crippen LogP contribution in [0.3, 0.4) is 0 Å². The van der Waals surface area contributed by atoms with Crippen molar-refractivity contribution >= 4 is 21.4 Å². The minimum atomic E-state index is -3.42. The number of aryl methyl sites for hydroxylation is 1. The molecule has 23 heavy (non-hydrogen) atoms. The van der Waals surface area contributed by atoms with Crippen LogP contribution in [0.4, 0.5) is 0 Å². The van der Waals surface area contributed by atoms with E-state index in [2.05, 4.69) is 0 Å². The van der Waals surface area contributed by atoms with Crippen LogP contribution >= 0.6 is 0 Å². The fraction of sp³-hybridized carbons (Fsp3) is 0.556. The van der Waals surface area contributed by atoms with Crippen LogP contribution in [0.2, 0.25) is 0 Å². The number of benzene rings is 1. The van der Waals surface area contributed by atoms with Crippen molar-refractivity contribution in [3.8, 4) is 0 Å². The van der Waals surface area contributed by atoms with E-state index in [0.717, 1.165) is 5.56 Å². The van der Waals surface area contributed by atoms with Gasteiger partial charge in [0, 0.05) is 0 Å². The Balaban J connectivity index is 2.25. The molecule has 2 atom stereocenters. The second-order valence-electron chi connectivity index (χ2n) is 6.93. The van der Waals surface area contributed by atoms with Gasteiger partial charge in [-0.2, -0.15) is 0 Å². The van der Waals surface area contributed by atoms with Crippen molar-refractivity contribution in [2.24, 2.45) is 17.3 Å². The average molecular weight is 336 g/mol. The highest BCUT2D eigenvalue weighted by molar-refractivity contribution is 7.91. The summed E-state index contributed by atoms with van der Waals surface area (Å²) < 4.78 is 25.3. The summed E-state index contributed by atoms with van der Waals surface area (Å²) >= 11 is 0. The maximum Gasteiger partial charge on any atom is 0.178 e. The molecule has 0 N–H and O–H groups in total. The molecule has 1 aromatic rings. The summed E-state index contributed by atoms with van der Waals surface area (Å²) in [5.41, 5.74) is 0.0118. The van der Waals surface area contributed by atoms with Crippen LogP contribution in [0, 0.1) is 24.2 Å². The zero-order chi connectivity index (χ0) is 17.4. The topological polar surface area (TPSA) is 68.3 Å². The predicted octanol–water partition coefficient (Wildman–Crippen LogP) is 2.98. The van der Waals surface area contributed by atoms with E-state index < -0.39 is 15.3 Å². The molecule has 1 aliphatic rings. The van der Waals surface area contributed by atoms with Crippen LogP contribution in [0.5, 0.6) is 0 Å². The van der Waals surface area contributed by atoms with E-state index in [1.54, 1.807) is 24.3 Å². The first-order chi connectivity index (χ1) is 10.6. The van der Waals surface area contributed by atoms with Gasteiger partial charge in [-0.1, -0.05) is 24.6 Å². The third-order valence-electron chi connectivity index (χ3n) is 5.25. The maximum atomic E-state index is 12.6. The molecular formula is C18H24O4S. The number of sulfone groups is 1. The highest BCUT2D eigenvalue weighted by atomic mass is 32.2. The molecule has 2 unspecified atom stereocenters. The molecule has 0 saturated heterocycles. The second kappa shape index (κ2) is 6.19. The van der Waals surface area contributed by atoms with Gasteiger partial charge in [0.2, 0.25) is 0 Å². The largest absolute Gasteiger partial charge is 0.299 e. The third kappa shape index (κ3) is 3.39. The van der Waals surface area contributed by atoms with E-state index in [4.69, 9.17) is 0 Å². The van der Waals surface area contributed by atoms with Crippen molar-refractivity contribution in [3.63, 3.8) is 0 Å². The lowest BCUT2D eigenvalue weighted by atomic mass is 9.78. The Morgan fingerprint density at radius 3 is 2.04 bits per heavy atom. The van der Waals surface area contributed by atoms with Crippen molar-refractivity contribution in [2.75, 3.05) is 5.75 Å². The molecule has 0 heterocycles. The van der Waals surface area contributed by atoms with Crippen LogP contribution in [-0.2, 0) is 19.4 Å². The standard InChI is InChI=1S/C18H24O4S/c1-12-5-7-17(8-6-12)23(21,22)11-16-10-18(14(3)19,15(4)20)9-13(16)2/h5-8,13,16H,9-11H2,1-4H3. The lowest BCUT2D eigenvalue weighted by molar-refractivity contribution is -0.138. The summed E-state index contributed by atoms with van der Waals surface area (Å²) in [4.78, 5) is 24.3. The van der Waals surface area contributed by atoms with Crippen LogP contribution < -0.4 is 0 Å². The fourth-order valence-corrected chi connectivity index (χ4v) is 5.37. The lowest BCUT2D eigenvalue weighted by Gasteiger charge is -2.22. The van der Waals surface area contributed by atoms with Crippen molar-refractivity contribution in [3.05, 3.63) is 29.8 Å². The number of carbonyl (C=O) groups is 2. The summed E-state index contributed by atoms with van der Waals surface area (Å²) in [6, 6.07) is 6.79. The van der Waals surface area contributed by atoms with E-state index in [-0.39, 0.29) is 29.2 Å². The molecule has 0 spiro atoms. The van der Waals surface area contributed by atoms with Crippen LogP contribution in [-0.4, -0.2) is 25.7 Å². The molecule has 4 nitrogen and oxygen atoms in total. The quantitative estimate of drug-likeness (QED) is 0.775. The Kier molecular flexibility index (Phi) is 4.81. The first-order valence-electron chi connectivity index (χ1n) is 7.90. The molecule has 0 aromatic heterocycles. The van der Waals surface area contributed by atoms with Crippen LogP contribution in [0.25, 0.3) is 0 Å². The highest BCUT2D eigenvalue weighted by Gasteiger charge is 2.50. The SMILES string of the molecule is CC(=O)C1(C(C)=O)CC(C)C(CS(=O)(=O)c2ccc(C)cc2)C1. The van der Waals surface area contributed by atoms with E-state index in [1.807, 2.05) is 13.8 Å². The zero-order valence-electron chi connectivity index (χ0n) is 14.1. The number of carbonyl (C=O) groups excluding carboxylic acids is 2. The van der Waals surface area contributed by atoms with Crippen molar-refractivity contribution in [2.45, 2.75) is 45.4 Å². The summed E-state index contributed by atoms with van der Waals surface area (Å²) in [5, 5.41) is 0. The maximum absolute atomic E-state index is 12.6. The van der Waals surface area contributed by atoms with Gasteiger partial charge in [0.15, 0.2) is 9.84 Å². The zero-order valence-corrected chi connectivity index (χ0v) is 14.9. The van der Waals surface area contributed by atoms with Gasteiger partial charge in [0.05, 0.1) is 16.1 Å². The Hall–Kier alpha value is -1.49. The molecule has 1 saturated carbocycles. The highest BCUT2D eigenvalue weighted by Crippen LogP contribution is 2.47. The summed E-state index contributed by atoms with van der Waals surface area (Å²) in [6.45, 7) is 6.71. The van der Waals surface area contributed by atoms with Gasteiger partial charge in [0.1, 0.15) is 11.6 Å². The van der Waals surface area contributed by atoms with E-state index in [0.29, 0.717) is 17.7 Å². The van der Waals surface area contributed by atoms with E-state index in [1.165, 1.54) is 13.8 Å². The molecule has 126 valence electrons. The molecule has 5 heteroatoms. The number of Topliss-reactive ketones (excluding diaryl/α,β-unsaturated/α-hetero) is 2. The van der Waals surface area contributed by atoms with Gasteiger partial charge in [-0.25, -0.2) is 8.42 Å². The summed E-state index contributed by atoms with van der Waals surface area (Å²) in [7, 11) is -3.42. The molecule has 1 fully saturated rings. The molecule has 1 aliphatic carbocycles. The van der Waals surface area contributed by atoms with Crippen LogP contribution in [0.1, 0.15) is 39.2 Å². The van der Waals surface area contributed by atoms with Crippen molar-refractivity contribution in [1.82, 2.24) is 0 Å². The normalized spacial score (nSPS) is 23.7. The Labute approximate surface area is 138 Å². The van der Waals surface area contributed by atoms with Crippen molar-refractivity contribution < 1.29 is 18.0 Å². The fourth-order valence-electron chi connectivity index (χ4n) is 3.62. The number of hydrogen-bond acceptors (Lipinski definition) is 4. The Morgan fingerprint density at radius 1 is 1.09 bits per heavy atom. The second-order valence-corrected chi connectivity index (χ2v) is 8.97. The summed E-state index contributed by atoms with van der Waals surface area (Å²) in [5.74, 6) is -0.448. The monoisotopic (exact) mass is 336 g/mol. The molecular weight excluding hydrogens is 312 g/mol. The van der Waals surface area contributed by atoms with Gasteiger partial charge in [-0.05, 0) is 57.6 Å². The van der Waals surface area contributed by atoms with E-state index in [9.17, 15) is 18.0 Å². The van der Waals surface area contributed by atoms with Gasteiger partial charge >= 0.3 is 0 Å². The lowest BCUT2D eigenvalue weighted by Crippen LogP contribution is -2.34. The van der Waals surface area contributed by atoms with Gasteiger partial charge in [-0.3, -0.25) is 9.59 Å². The van der Waals surface area contributed by atoms with Crippen molar-refractivity contribution in [1.29, 1.82) is 0 Å². The third-order valence-corrected chi connectivity index (χ3v) is 7.10. The summed E-state index contributed by atoms with van der Waals surface area (Å²) in [6.07, 6.45) is 0.787. The number of hydrogen-bond donors (Lipinski definition) is 0. The number of rotatable bonds is 5. The first kappa shape index (κ1) is 17.9. The minimum absolute atomic E-state index is 0.0143. The number of ketones is 2. The average Bonchev–Trinajstić information content (AvgIpc) is 2.77. The minimum Gasteiger partial charge on any atom is -0.299 e.